The van der Waals surface area contributed by atoms with Gasteiger partial charge in [0.2, 0.25) is 11.9 Å². The van der Waals surface area contributed by atoms with Gasteiger partial charge in [-0.05, 0) is 0 Å². The molecule has 0 fully saturated rings. The number of ether oxygens (including phenoxy) is 5. The Morgan fingerprint density at radius 2 is 1.22 bits per heavy atom. The minimum atomic E-state index is -1.46. The van der Waals surface area contributed by atoms with Crippen LogP contribution in [0.25, 0.3) is 0 Å². The Morgan fingerprint density at radius 3 is 1.69 bits per heavy atom. The van der Waals surface area contributed by atoms with Crippen LogP contribution in [0, 0.1) is 23.7 Å². The number of carbonyl (C=O) groups is 5. The van der Waals surface area contributed by atoms with E-state index in [-0.39, 0.29) is 0 Å². The second kappa shape index (κ2) is 11.6. The smallest absolute Gasteiger partial charge is 0.379 e. The first-order chi connectivity index (χ1) is 14.8. The monoisotopic (exact) mass is 456 g/mol. The van der Waals surface area contributed by atoms with Gasteiger partial charge < -0.3 is 23.7 Å². The molecule has 0 aromatic carbocycles. The third kappa shape index (κ3) is 7.35. The first-order valence-corrected chi connectivity index (χ1v) is 10.5. The molecule has 10 nitrogen and oxygen atoms in total. The molecule has 0 aromatic rings. The zero-order valence-electron chi connectivity index (χ0n) is 19.8. The van der Waals surface area contributed by atoms with E-state index < -0.39 is 83.9 Å². The molecule has 1 rings (SSSR count). The molecular weight excluding hydrogens is 424 g/mol. The van der Waals surface area contributed by atoms with E-state index in [1.165, 1.54) is 0 Å². The van der Waals surface area contributed by atoms with Gasteiger partial charge in [0.1, 0.15) is 6.61 Å². The van der Waals surface area contributed by atoms with Crippen LogP contribution in [0.3, 0.4) is 0 Å². The molecule has 0 amide bonds. The van der Waals surface area contributed by atoms with E-state index in [1.807, 2.05) is 0 Å². The van der Waals surface area contributed by atoms with Crippen molar-refractivity contribution in [3.8, 4) is 0 Å². The Hall–Kier alpha value is -2.91. The Balaban J connectivity index is 3.37. The summed E-state index contributed by atoms with van der Waals surface area (Å²) in [5, 5.41) is 0. The number of rotatable bonds is 10. The molecule has 0 saturated carbocycles. The molecule has 32 heavy (non-hydrogen) atoms. The summed E-state index contributed by atoms with van der Waals surface area (Å²) in [5.74, 6) is -6.98. The van der Waals surface area contributed by atoms with Crippen molar-refractivity contribution in [2.45, 2.75) is 67.6 Å². The number of carbonyl (C=O) groups excluding carboxylic acids is 5. The maximum Gasteiger partial charge on any atom is 0.379 e. The highest BCUT2D eigenvalue weighted by Crippen LogP contribution is 2.30. The van der Waals surface area contributed by atoms with E-state index in [2.05, 4.69) is 0 Å². The van der Waals surface area contributed by atoms with E-state index >= 15 is 0 Å². The summed E-state index contributed by atoms with van der Waals surface area (Å²) in [4.78, 5) is 61.0. The van der Waals surface area contributed by atoms with Crippen LogP contribution in [0.1, 0.15) is 55.4 Å². The van der Waals surface area contributed by atoms with E-state index in [1.54, 1.807) is 55.4 Å². The molecule has 1 aliphatic heterocycles. The molecule has 0 spiro atoms. The van der Waals surface area contributed by atoms with Crippen molar-refractivity contribution in [2.24, 2.45) is 23.7 Å². The minimum absolute atomic E-state index is 0.412. The van der Waals surface area contributed by atoms with Crippen LogP contribution in [0.2, 0.25) is 0 Å². The third-order valence-corrected chi connectivity index (χ3v) is 4.20. The molecule has 2 atom stereocenters. The second-order valence-electron chi connectivity index (χ2n) is 8.59. The van der Waals surface area contributed by atoms with Crippen molar-refractivity contribution < 1.29 is 47.7 Å². The summed E-state index contributed by atoms with van der Waals surface area (Å²) in [5.41, 5.74) is 0. The molecule has 1 aliphatic rings. The van der Waals surface area contributed by atoms with Crippen LogP contribution in [0.15, 0.2) is 11.5 Å². The van der Waals surface area contributed by atoms with Gasteiger partial charge in [0.15, 0.2) is 6.10 Å². The Kier molecular flexibility index (Phi) is 9.86. The highest BCUT2D eigenvalue weighted by molar-refractivity contribution is 5.93. The highest BCUT2D eigenvalue weighted by atomic mass is 16.7. The molecule has 10 heteroatoms. The van der Waals surface area contributed by atoms with Crippen molar-refractivity contribution in [1.82, 2.24) is 0 Å². The SMILES string of the molecule is CC(C)C(=O)OC[C@H](OC(=O)C(C)C)[C@H]1OC(=O)C(OC(=O)C(C)C)=C1OC(=O)C(C)C. The number of hydrogen-bond acceptors (Lipinski definition) is 10. The summed E-state index contributed by atoms with van der Waals surface area (Å²) in [6, 6.07) is 0. The van der Waals surface area contributed by atoms with Gasteiger partial charge in [-0.2, -0.15) is 0 Å². The van der Waals surface area contributed by atoms with Crippen LogP contribution in [-0.4, -0.2) is 48.7 Å². The molecule has 1 heterocycles. The fraction of sp³-hybridized carbons (Fsp3) is 0.682. The predicted molar refractivity (Wildman–Crippen MR) is 109 cm³/mol. The minimum Gasteiger partial charge on any atom is -0.461 e. The van der Waals surface area contributed by atoms with Crippen LogP contribution in [0.4, 0.5) is 0 Å². The number of hydrogen-bond donors (Lipinski definition) is 0. The van der Waals surface area contributed by atoms with Crippen molar-refractivity contribution >= 4 is 29.8 Å². The standard InChI is InChI=1S/C22H32O10/c1-10(2)18(23)28-9-14(29-19(24)11(3)4)15-16(31-20(25)12(5)6)17(22(27)30-15)32-21(26)13(7)8/h10-15H,9H2,1-8H3/t14-,15+/m0/s1. The van der Waals surface area contributed by atoms with Gasteiger partial charge in [0.05, 0.1) is 23.7 Å². The zero-order valence-corrected chi connectivity index (χ0v) is 19.8. The molecule has 0 aromatic heterocycles. The maximum absolute atomic E-state index is 12.5. The molecule has 0 saturated heterocycles. The van der Waals surface area contributed by atoms with Gasteiger partial charge in [-0.3, -0.25) is 19.2 Å². The number of cyclic esters (lactones) is 1. The lowest BCUT2D eigenvalue weighted by Crippen LogP contribution is -2.40. The van der Waals surface area contributed by atoms with Crippen molar-refractivity contribution in [2.75, 3.05) is 6.61 Å². The fourth-order valence-electron chi connectivity index (χ4n) is 2.14. The van der Waals surface area contributed by atoms with E-state index in [9.17, 15) is 24.0 Å². The van der Waals surface area contributed by atoms with Gasteiger partial charge in [-0.15, -0.1) is 0 Å². The zero-order chi connectivity index (χ0) is 24.7. The largest absolute Gasteiger partial charge is 0.461 e. The first kappa shape index (κ1) is 27.1. The topological polar surface area (TPSA) is 132 Å². The Bertz CT molecular complexity index is 776. The van der Waals surface area contributed by atoms with Crippen LogP contribution >= 0.6 is 0 Å². The molecule has 0 aliphatic carbocycles. The van der Waals surface area contributed by atoms with Gasteiger partial charge in [0.25, 0.3) is 5.76 Å². The lowest BCUT2D eigenvalue weighted by Gasteiger charge is -2.25. The van der Waals surface area contributed by atoms with Gasteiger partial charge in [-0.25, -0.2) is 4.79 Å². The molecule has 180 valence electrons. The van der Waals surface area contributed by atoms with Gasteiger partial charge >= 0.3 is 29.8 Å². The molecular formula is C22H32O10. The van der Waals surface area contributed by atoms with Gasteiger partial charge in [-0.1, -0.05) is 55.4 Å². The molecule has 0 unspecified atom stereocenters. The molecule has 0 N–H and O–H groups in total. The fourth-order valence-corrected chi connectivity index (χ4v) is 2.14. The summed E-state index contributed by atoms with van der Waals surface area (Å²) in [6.45, 7) is 12.2. The molecule has 0 radical (unpaired) electrons. The van der Waals surface area contributed by atoms with E-state index in [4.69, 9.17) is 23.7 Å². The number of esters is 5. The average molecular weight is 456 g/mol. The predicted octanol–water partition coefficient (Wildman–Crippen LogP) is 2.29. The highest BCUT2D eigenvalue weighted by Gasteiger charge is 2.47. The molecule has 0 bridgehead atoms. The summed E-state index contributed by atoms with van der Waals surface area (Å²) >= 11 is 0. The summed E-state index contributed by atoms with van der Waals surface area (Å²) < 4.78 is 26.2. The van der Waals surface area contributed by atoms with Crippen molar-refractivity contribution in [1.29, 1.82) is 0 Å². The lowest BCUT2D eigenvalue weighted by molar-refractivity contribution is -0.175. The van der Waals surface area contributed by atoms with E-state index in [0.717, 1.165) is 0 Å². The van der Waals surface area contributed by atoms with Crippen LogP contribution < -0.4 is 0 Å². The van der Waals surface area contributed by atoms with Crippen molar-refractivity contribution in [3.63, 3.8) is 0 Å². The third-order valence-electron chi connectivity index (χ3n) is 4.20. The van der Waals surface area contributed by atoms with Crippen molar-refractivity contribution in [3.05, 3.63) is 11.5 Å². The average Bonchev–Trinajstić information content (AvgIpc) is 2.99. The Morgan fingerprint density at radius 1 is 0.750 bits per heavy atom. The summed E-state index contributed by atoms with van der Waals surface area (Å²) in [7, 11) is 0. The van der Waals surface area contributed by atoms with E-state index in [0.29, 0.717) is 0 Å². The second-order valence-corrected chi connectivity index (χ2v) is 8.59. The maximum atomic E-state index is 12.5. The lowest BCUT2D eigenvalue weighted by atomic mass is 10.1. The quantitative estimate of drug-likeness (QED) is 0.356. The van der Waals surface area contributed by atoms with Crippen LogP contribution in [0.5, 0.6) is 0 Å². The first-order valence-electron chi connectivity index (χ1n) is 10.5. The van der Waals surface area contributed by atoms with Crippen LogP contribution in [-0.2, 0) is 47.7 Å². The normalized spacial score (nSPS) is 17.0. The van der Waals surface area contributed by atoms with Gasteiger partial charge in [0, 0.05) is 0 Å². The Labute approximate surface area is 187 Å². The summed E-state index contributed by atoms with van der Waals surface area (Å²) in [6.07, 6.45) is -2.79.